The van der Waals surface area contributed by atoms with E-state index in [1.165, 1.54) is 12.1 Å². The zero-order valence-corrected chi connectivity index (χ0v) is 11.0. The molecular formula is C14H21FN2O. The molecule has 1 saturated heterocycles. The molecule has 0 saturated carbocycles. The van der Waals surface area contributed by atoms with Crippen molar-refractivity contribution in [3.63, 3.8) is 0 Å². The van der Waals surface area contributed by atoms with Gasteiger partial charge in [-0.15, -0.1) is 0 Å². The Bertz CT molecular complexity index is 403. The summed E-state index contributed by atoms with van der Waals surface area (Å²) in [6, 6.07) is 4.72. The first kappa shape index (κ1) is 13.3. The van der Waals surface area contributed by atoms with Crippen LogP contribution in [0.2, 0.25) is 0 Å². The number of benzene rings is 1. The quantitative estimate of drug-likeness (QED) is 0.866. The summed E-state index contributed by atoms with van der Waals surface area (Å²) in [5.74, 6) is -0.370. The third-order valence-electron chi connectivity index (χ3n) is 3.66. The van der Waals surface area contributed by atoms with Crippen molar-refractivity contribution in [2.45, 2.75) is 31.8 Å². The first-order valence-electron chi connectivity index (χ1n) is 6.49. The Morgan fingerprint density at radius 2 is 2.06 bits per heavy atom. The van der Waals surface area contributed by atoms with E-state index in [-0.39, 0.29) is 11.8 Å². The lowest BCUT2D eigenvalue weighted by molar-refractivity contribution is 0.226. The van der Waals surface area contributed by atoms with Crippen molar-refractivity contribution >= 4 is 0 Å². The summed E-state index contributed by atoms with van der Waals surface area (Å²) in [5.41, 5.74) is 0.760. The van der Waals surface area contributed by atoms with Crippen LogP contribution in [0.5, 0.6) is 5.75 Å². The van der Waals surface area contributed by atoms with E-state index in [9.17, 15) is 9.50 Å². The molecule has 100 valence electrons. The van der Waals surface area contributed by atoms with Crippen LogP contribution < -0.4 is 5.32 Å². The average Bonchev–Trinajstić information content (AvgIpc) is 2.32. The maximum Gasteiger partial charge on any atom is 0.126 e. The Labute approximate surface area is 108 Å². The summed E-state index contributed by atoms with van der Waals surface area (Å²) in [6.45, 7) is 4.20. The lowest BCUT2D eigenvalue weighted by Gasteiger charge is -2.31. The molecule has 0 bridgehead atoms. The van der Waals surface area contributed by atoms with Crippen molar-refractivity contribution in [3.8, 4) is 5.75 Å². The number of nitrogens with zero attached hydrogens (tertiary/aromatic N) is 1. The van der Waals surface area contributed by atoms with Crippen LogP contribution >= 0.6 is 0 Å². The van der Waals surface area contributed by atoms with Crippen LogP contribution in [-0.2, 0) is 0 Å². The minimum absolute atomic E-state index is 0.0305. The Kier molecular flexibility index (Phi) is 4.19. The molecule has 1 aromatic carbocycles. The molecule has 0 aromatic heterocycles. The van der Waals surface area contributed by atoms with E-state index < -0.39 is 5.82 Å². The van der Waals surface area contributed by atoms with Gasteiger partial charge < -0.3 is 15.3 Å². The number of piperidine rings is 1. The second-order valence-corrected chi connectivity index (χ2v) is 5.17. The van der Waals surface area contributed by atoms with Gasteiger partial charge in [-0.05, 0) is 46.0 Å². The number of rotatable bonds is 3. The normalized spacial score (nSPS) is 19.9. The largest absolute Gasteiger partial charge is 0.508 e. The van der Waals surface area contributed by atoms with Gasteiger partial charge in [-0.25, -0.2) is 4.39 Å². The van der Waals surface area contributed by atoms with E-state index >= 15 is 0 Å². The number of aromatic hydroxyl groups is 1. The maximum atomic E-state index is 12.9. The molecule has 1 atom stereocenters. The fraction of sp³-hybridized carbons (Fsp3) is 0.571. The van der Waals surface area contributed by atoms with Crippen molar-refractivity contribution in [1.82, 2.24) is 10.2 Å². The van der Waals surface area contributed by atoms with Gasteiger partial charge in [-0.1, -0.05) is 6.07 Å². The summed E-state index contributed by atoms with van der Waals surface area (Å²) < 4.78 is 12.9. The number of phenols is 1. The van der Waals surface area contributed by atoms with Gasteiger partial charge in [0.25, 0.3) is 0 Å². The highest BCUT2D eigenvalue weighted by atomic mass is 19.1. The highest BCUT2D eigenvalue weighted by Gasteiger charge is 2.20. The van der Waals surface area contributed by atoms with E-state index in [1.54, 1.807) is 6.07 Å². The first-order chi connectivity index (χ1) is 8.56. The fourth-order valence-corrected chi connectivity index (χ4v) is 2.50. The highest BCUT2D eigenvalue weighted by molar-refractivity contribution is 5.34. The van der Waals surface area contributed by atoms with E-state index in [0.717, 1.165) is 31.5 Å². The van der Waals surface area contributed by atoms with Crippen molar-refractivity contribution < 1.29 is 9.50 Å². The molecule has 1 unspecified atom stereocenters. The molecule has 1 heterocycles. The molecule has 1 aliphatic heterocycles. The molecule has 0 aliphatic carbocycles. The topological polar surface area (TPSA) is 35.5 Å². The van der Waals surface area contributed by atoms with Crippen molar-refractivity contribution in [3.05, 3.63) is 29.6 Å². The standard InChI is InChI=1S/C14H21FN2O/c1-10(13-4-3-11(15)9-14(13)18)16-12-5-7-17(2)8-6-12/h3-4,9-10,12,16,18H,5-8H2,1-2H3. The lowest BCUT2D eigenvalue weighted by Crippen LogP contribution is -2.41. The van der Waals surface area contributed by atoms with Gasteiger partial charge in [-0.2, -0.15) is 0 Å². The minimum atomic E-state index is -0.400. The molecule has 4 heteroatoms. The van der Waals surface area contributed by atoms with E-state index in [1.807, 2.05) is 6.92 Å². The van der Waals surface area contributed by atoms with Crippen molar-refractivity contribution in [1.29, 1.82) is 0 Å². The SMILES string of the molecule is CC(NC1CCN(C)CC1)c1ccc(F)cc1O. The fourth-order valence-electron chi connectivity index (χ4n) is 2.50. The number of hydrogen-bond acceptors (Lipinski definition) is 3. The Hall–Kier alpha value is -1.13. The highest BCUT2D eigenvalue weighted by Crippen LogP contribution is 2.25. The molecule has 1 fully saturated rings. The Morgan fingerprint density at radius 1 is 1.39 bits per heavy atom. The summed E-state index contributed by atoms with van der Waals surface area (Å²) >= 11 is 0. The molecule has 3 nitrogen and oxygen atoms in total. The predicted molar refractivity (Wildman–Crippen MR) is 70.1 cm³/mol. The van der Waals surface area contributed by atoms with Gasteiger partial charge >= 0.3 is 0 Å². The van der Waals surface area contributed by atoms with Crippen LogP contribution in [0.15, 0.2) is 18.2 Å². The van der Waals surface area contributed by atoms with Crippen LogP contribution in [0.1, 0.15) is 31.4 Å². The van der Waals surface area contributed by atoms with Crippen LogP contribution in [0.4, 0.5) is 4.39 Å². The molecule has 2 N–H and O–H groups in total. The van der Waals surface area contributed by atoms with Gasteiger partial charge in [0.1, 0.15) is 11.6 Å². The lowest BCUT2D eigenvalue weighted by atomic mass is 10.0. The predicted octanol–water partition coefficient (Wildman–Crippen LogP) is 2.28. The number of halogens is 1. The van der Waals surface area contributed by atoms with Crippen LogP contribution in [0, 0.1) is 5.82 Å². The molecule has 1 aliphatic rings. The number of phenolic OH excluding ortho intramolecular Hbond substituents is 1. The summed E-state index contributed by atoms with van der Waals surface area (Å²) in [7, 11) is 2.13. The second-order valence-electron chi connectivity index (χ2n) is 5.17. The summed E-state index contributed by atoms with van der Waals surface area (Å²) in [4.78, 5) is 2.32. The smallest absolute Gasteiger partial charge is 0.126 e. The number of likely N-dealkylation sites (tertiary alicyclic amines) is 1. The zero-order chi connectivity index (χ0) is 13.1. The monoisotopic (exact) mass is 252 g/mol. The molecular weight excluding hydrogens is 231 g/mol. The third-order valence-corrected chi connectivity index (χ3v) is 3.66. The Balaban J connectivity index is 1.97. The molecule has 0 radical (unpaired) electrons. The summed E-state index contributed by atoms with van der Waals surface area (Å²) in [5, 5.41) is 13.3. The first-order valence-corrected chi connectivity index (χ1v) is 6.49. The summed E-state index contributed by atoms with van der Waals surface area (Å²) in [6.07, 6.45) is 2.23. The van der Waals surface area contributed by atoms with Gasteiger partial charge in [-0.3, -0.25) is 0 Å². The van der Waals surface area contributed by atoms with Gasteiger partial charge in [0.05, 0.1) is 0 Å². The van der Waals surface area contributed by atoms with Gasteiger partial charge in [0.15, 0.2) is 0 Å². The molecule has 0 spiro atoms. The van der Waals surface area contributed by atoms with Crippen LogP contribution in [0.3, 0.4) is 0 Å². The zero-order valence-electron chi connectivity index (χ0n) is 11.0. The molecule has 18 heavy (non-hydrogen) atoms. The van der Waals surface area contributed by atoms with Gasteiger partial charge in [0, 0.05) is 23.7 Å². The van der Waals surface area contributed by atoms with Crippen LogP contribution in [-0.4, -0.2) is 36.2 Å². The van der Waals surface area contributed by atoms with Crippen molar-refractivity contribution in [2.24, 2.45) is 0 Å². The van der Waals surface area contributed by atoms with E-state index in [4.69, 9.17) is 0 Å². The van der Waals surface area contributed by atoms with E-state index in [2.05, 4.69) is 17.3 Å². The number of hydrogen-bond donors (Lipinski definition) is 2. The Morgan fingerprint density at radius 3 is 2.67 bits per heavy atom. The average molecular weight is 252 g/mol. The van der Waals surface area contributed by atoms with Crippen molar-refractivity contribution in [2.75, 3.05) is 20.1 Å². The maximum absolute atomic E-state index is 12.9. The van der Waals surface area contributed by atoms with Crippen LogP contribution in [0.25, 0.3) is 0 Å². The molecule has 1 aromatic rings. The molecule has 2 rings (SSSR count). The second kappa shape index (κ2) is 5.67. The molecule has 0 amide bonds. The van der Waals surface area contributed by atoms with E-state index in [0.29, 0.717) is 6.04 Å². The number of nitrogens with one attached hydrogen (secondary N) is 1. The minimum Gasteiger partial charge on any atom is -0.508 e. The van der Waals surface area contributed by atoms with Gasteiger partial charge in [0.2, 0.25) is 0 Å². The third kappa shape index (κ3) is 3.21.